The van der Waals surface area contributed by atoms with Gasteiger partial charge in [-0.05, 0) is 0 Å². The fourth-order valence-corrected chi connectivity index (χ4v) is 5.12. The third-order valence-electron chi connectivity index (χ3n) is 4.73. The van der Waals surface area contributed by atoms with Crippen molar-refractivity contribution in [2.75, 3.05) is 36.9 Å². The minimum absolute atomic E-state index is 0.147. The van der Waals surface area contributed by atoms with Crippen LogP contribution >= 0.6 is 0 Å². The molecular weight excluding hydrogens is 397 g/mol. The van der Waals surface area contributed by atoms with E-state index in [9.17, 15) is 4.79 Å². The number of aromatic amines is 2. The molecule has 1 fully saturated rings. The molecule has 132 valence electrons. The molecule has 3 aromatic heterocycles. The third-order valence-corrected chi connectivity index (χ3v) is 6.72. The number of fused-ring (bicyclic) bond motifs is 2. The van der Waals surface area contributed by atoms with Crippen LogP contribution in [0.2, 0.25) is 0 Å². The molecular formula is C18H17N5O2Se. The van der Waals surface area contributed by atoms with Crippen molar-refractivity contribution < 1.29 is 4.74 Å². The summed E-state index contributed by atoms with van der Waals surface area (Å²) in [6.07, 6.45) is 0. The van der Waals surface area contributed by atoms with E-state index in [1.807, 2.05) is 12.1 Å². The first kappa shape index (κ1) is 15.7. The topological polar surface area (TPSA) is 100 Å². The van der Waals surface area contributed by atoms with Gasteiger partial charge in [0.2, 0.25) is 0 Å². The summed E-state index contributed by atoms with van der Waals surface area (Å²) in [5.41, 5.74) is 10.7. The van der Waals surface area contributed by atoms with Crippen molar-refractivity contribution in [1.82, 2.24) is 15.0 Å². The molecule has 0 bridgehead atoms. The van der Waals surface area contributed by atoms with E-state index in [1.54, 1.807) is 0 Å². The summed E-state index contributed by atoms with van der Waals surface area (Å²) >= 11 is 0.147. The molecule has 0 amide bonds. The van der Waals surface area contributed by atoms with Crippen molar-refractivity contribution >= 4 is 46.7 Å². The van der Waals surface area contributed by atoms with Crippen LogP contribution in [0.4, 0.5) is 11.4 Å². The van der Waals surface area contributed by atoms with Crippen molar-refractivity contribution in [2.24, 2.45) is 0 Å². The molecule has 1 aliphatic rings. The molecule has 4 aromatic rings. The second-order valence-corrected chi connectivity index (χ2v) is 8.21. The van der Waals surface area contributed by atoms with Gasteiger partial charge in [0.05, 0.1) is 0 Å². The normalized spacial score (nSPS) is 15.2. The first-order valence-electron chi connectivity index (χ1n) is 8.42. The molecule has 0 radical (unpaired) electrons. The summed E-state index contributed by atoms with van der Waals surface area (Å²) in [5, 5.41) is 0. The summed E-state index contributed by atoms with van der Waals surface area (Å²) in [4.78, 5) is 27.7. The number of anilines is 2. The molecule has 1 saturated heterocycles. The van der Waals surface area contributed by atoms with Gasteiger partial charge in [-0.3, -0.25) is 0 Å². The van der Waals surface area contributed by atoms with Gasteiger partial charge in [0.1, 0.15) is 0 Å². The van der Waals surface area contributed by atoms with E-state index in [-0.39, 0.29) is 20.1 Å². The molecule has 8 heteroatoms. The van der Waals surface area contributed by atoms with Crippen LogP contribution in [-0.2, 0) is 4.74 Å². The average Bonchev–Trinajstić information content (AvgIpc) is 3.28. The number of aromatic nitrogens is 3. The monoisotopic (exact) mass is 415 g/mol. The Balaban J connectivity index is 1.63. The number of pyridine rings is 1. The first-order chi connectivity index (χ1) is 12.7. The van der Waals surface area contributed by atoms with Crippen LogP contribution < -0.4 is 16.2 Å². The number of benzene rings is 1. The summed E-state index contributed by atoms with van der Waals surface area (Å²) in [7, 11) is 0. The van der Waals surface area contributed by atoms with Gasteiger partial charge in [0.15, 0.2) is 0 Å². The molecule has 1 aliphatic heterocycles. The number of nitrogens with two attached hydrogens (primary N) is 1. The van der Waals surface area contributed by atoms with E-state index in [4.69, 9.17) is 10.5 Å². The molecule has 0 saturated carbocycles. The second kappa shape index (κ2) is 6.02. The summed E-state index contributed by atoms with van der Waals surface area (Å²) < 4.78 is 6.43. The zero-order valence-corrected chi connectivity index (χ0v) is 15.6. The van der Waals surface area contributed by atoms with Gasteiger partial charge in [0, 0.05) is 0 Å². The maximum absolute atomic E-state index is 12.5. The Morgan fingerprint density at radius 3 is 2.85 bits per heavy atom. The predicted molar refractivity (Wildman–Crippen MR) is 104 cm³/mol. The van der Waals surface area contributed by atoms with Crippen molar-refractivity contribution in [2.45, 2.75) is 0 Å². The Bertz CT molecular complexity index is 1170. The van der Waals surface area contributed by atoms with Crippen LogP contribution in [0.25, 0.3) is 32.2 Å². The Kier molecular flexibility index (Phi) is 3.63. The number of H-pyrrole nitrogens is 2. The van der Waals surface area contributed by atoms with Gasteiger partial charge in [-0.25, -0.2) is 0 Å². The Morgan fingerprint density at radius 1 is 1.15 bits per heavy atom. The Labute approximate surface area is 154 Å². The molecule has 0 spiro atoms. The fourth-order valence-electron chi connectivity index (χ4n) is 3.41. The van der Waals surface area contributed by atoms with Gasteiger partial charge in [-0.2, -0.15) is 0 Å². The Morgan fingerprint density at radius 2 is 2.00 bits per heavy atom. The molecule has 7 nitrogen and oxygen atoms in total. The van der Waals surface area contributed by atoms with Gasteiger partial charge in [0.25, 0.3) is 0 Å². The minimum atomic E-state index is -0.212. The molecule has 0 atom stereocenters. The van der Waals surface area contributed by atoms with Gasteiger partial charge in [-0.15, -0.1) is 0 Å². The zero-order chi connectivity index (χ0) is 17.7. The molecule has 4 N–H and O–H groups in total. The van der Waals surface area contributed by atoms with E-state index < -0.39 is 0 Å². The van der Waals surface area contributed by atoms with Crippen molar-refractivity contribution in [3.8, 4) is 11.4 Å². The van der Waals surface area contributed by atoms with Crippen LogP contribution in [0.5, 0.6) is 0 Å². The van der Waals surface area contributed by atoms with Gasteiger partial charge >= 0.3 is 154 Å². The number of morpholine rings is 1. The number of nitrogens with one attached hydrogen (secondary N) is 2. The number of nitrogens with zero attached hydrogens (tertiary/aromatic N) is 2. The average molecular weight is 414 g/mol. The second-order valence-electron chi connectivity index (χ2n) is 6.29. The van der Waals surface area contributed by atoms with E-state index in [0.29, 0.717) is 17.1 Å². The molecule has 26 heavy (non-hydrogen) atoms. The van der Waals surface area contributed by atoms with Crippen LogP contribution in [-0.4, -0.2) is 55.8 Å². The van der Waals surface area contributed by atoms with E-state index in [2.05, 4.69) is 36.9 Å². The van der Waals surface area contributed by atoms with Crippen molar-refractivity contribution in [3.05, 3.63) is 39.6 Å². The van der Waals surface area contributed by atoms with Crippen molar-refractivity contribution in [3.63, 3.8) is 0 Å². The Hall–Kier alpha value is -2.54. The van der Waals surface area contributed by atoms with Crippen molar-refractivity contribution in [1.29, 1.82) is 0 Å². The van der Waals surface area contributed by atoms with E-state index >= 15 is 0 Å². The summed E-state index contributed by atoms with van der Waals surface area (Å²) in [5.74, 6) is 0.517. The number of rotatable bonds is 2. The number of ether oxygens (including phenoxy) is 1. The zero-order valence-electron chi connectivity index (χ0n) is 13.9. The van der Waals surface area contributed by atoms with Crippen LogP contribution in [0.3, 0.4) is 0 Å². The standard InChI is InChI=1S/C18H17N5O2Se/c19-15-14(18(24)22-12-3-8-26-16(12)15)17-20-11-2-1-10(9-13(11)21-17)23-4-6-25-7-5-23/h1-3,8-9H,4-7H2,(H,20,21)(H3,19,22,24). The third kappa shape index (κ3) is 2.46. The van der Waals surface area contributed by atoms with Crippen LogP contribution in [0.1, 0.15) is 0 Å². The SMILES string of the molecule is Nc1c(-c2nc3ccc(N4CCOCC4)cc3[nH]2)c(=O)[nH]c2cc[se]c12. The van der Waals surface area contributed by atoms with Gasteiger partial charge < -0.3 is 0 Å². The maximum atomic E-state index is 12.5. The fraction of sp³-hybridized carbons (Fsp3) is 0.222. The predicted octanol–water partition coefficient (Wildman–Crippen LogP) is 1.55. The van der Waals surface area contributed by atoms with Crippen LogP contribution in [0.15, 0.2) is 34.0 Å². The molecule has 0 unspecified atom stereocenters. The summed E-state index contributed by atoms with van der Waals surface area (Å²) in [6.45, 7) is 3.23. The molecule has 4 heterocycles. The first-order valence-corrected chi connectivity index (χ1v) is 10.3. The quantitative estimate of drug-likeness (QED) is 0.432. The number of hydrogen-bond acceptors (Lipinski definition) is 5. The number of imidazole rings is 1. The molecule has 0 aliphatic carbocycles. The number of hydrogen-bond donors (Lipinski definition) is 3. The summed E-state index contributed by atoms with van der Waals surface area (Å²) in [6, 6.07) is 8.02. The van der Waals surface area contributed by atoms with E-state index in [0.717, 1.165) is 52.8 Å². The molecule has 1 aromatic carbocycles. The molecule has 5 rings (SSSR count). The van der Waals surface area contributed by atoms with Crippen LogP contribution in [0, 0.1) is 0 Å². The number of nitrogen functional groups attached to an aromatic ring is 1. The van der Waals surface area contributed by atoms with E-state index in [1.165, 1.54) is 0 Å². The van der Waals surface area contributed by atoms with Gasteiger partial charge in [-0.1, -0.05) is 0 Å².